The number of hydrogen-bond acceptors (Lipinski definition) is 6. The van der Waals surface area contributed by atoms with E-state index in [9.17, 15) is 10.3 Å². The maximum absolute atomic E-state index is 12.3. The number of esters is 1. The van der Waals surface area contributed by atoms with Crippen LogP contribution in [0.25, 0.3) is 5.57 Å². The topological polar surface area (TPSA) is 88.7 Å². The van der Waals surface area contributed by atoms with Crippen LogP contribution in [0.4, 0.5) is 0 Å². The van der Waals surface area contributed by atoms with Gasteiger partial charge in [-0.3, -0.25) is 0 Å². The largest absolute Gasteiger partial charge is 0.490 e. The van der Waals surface area contributed by atoms with Crippen LogP contribution >= 0.6 is 11.6 Å². The fourth-order valence-corrected chi connectivity index (χ4v) is 3.19. The Bertz CT molecular complexity index is 1000. The average Bonchev–Trinajstić information content (AvgIpc) is 2.77. The molecule has 0 spiro atoms. The molecule has 1 radical (unpaired) electrons. The Morgan fingerprint density at radius 2 is 1.93 bits per heavy atom. The minimum Gasteiger partial charge on any atom is -0.490 e. The number of ether oxygens (including phenoxy) is 4. The molecule has 1 aliphatic heterocycles. The van der Waals surface area contributed by atoms with Crippen molar-refractivity contribution in [1.82, 2.24) is 5.53 Å². The van der Waals surface area contributed by atoms with Crippen LogP contribution in [-0.4, -0.2) is 32.5 Å². The van der Waals surface area contributed by atoms with Crippen LogP contribution in [0.3, 0.4) is 0 Å². The predicted molar refractivity (Wildman–Crippen MR) is 111 cm³/mol. The third-order valence-electron chi connectivity index (χ3n) is 4.37. The summed E-state index contributed by atoms with van der Waals surface area (Å²) in [5.74, 6) is 0.587. The van der Waals surface area contributed by atoms with Crippen LogP contribution in [0.2, 0.25) is 5.02 Å². The standard InChI is InChI=1S/C22H20ClN2O5/c1-14-13-30-21(25-24)20(19(14)22(26)27-2)15-6-5-7-16(12-15)28-10-11-29-18-9-4-3-8-17(18)23/h3-9,12-13,21H,10-11H2,1-2H3. The molecule has 1 aliphatic rings. The zero-order chi connectivity index (χ0) is 21.5. The summed E-state index contributed by atoms with van der Waals surface area (Å²) >= 11 is 6.06. The van der Waals surface area contributed by atoms with E-state index in [0.29, 0.717) is 39.8 Å². The number of para-hydroxylation sites is 1. The zero-order valence-electron chi connectivity index (χ0n) is 16.5. The lowest BCUT2D eigenvalue weighted by molar-refractivity contribution is -0.135. The first-order chi connectivity index (χ1) is 14.5. The van der Waals surface area contributed by atoms with E-state index in [2.05, 4.69) is 5.11 Å². The van der Waals surface area contributed by atoms with Crippen molar-refractivity contribution in [3.8, 4) is 11.5 Å². The Labute approximate surface area is 179 Å². The molecule has 155 valence electrons. The molecule has 0 N–H and O–H groups in total. The minimum absolute atomic E-state index is 0.279. The first-order valence-corrected chi connectivity index (χ1v) is 9.52. The van der Waals surface area contributed by atoms with Crippen LogP contribution in [0, 0.1) is 0 Å². The van der Waals surface area contributed by atoms with Gasteiger partial charge in [0.25, 0.3) is 0 Å². The molecular weight excluding hydrogens is 408 g/mol. The quantitative estimate of drug-likeness (QED) is 0.357. The Balaban J connectivity index is 1.77. The first kappa shape index (κ1) is 21.4. The molecule has 3 rings (SSSR count). The Morgan fingerprint density at radius 3 is 2.67 bits per heavy atom. The molecule has 0 aromatic heterocycles. The van der Waals surface area contributed by atoms with Crippen LogP contribution in [0.15, 0.2) is 71.1 Å². The first-order valence-electron chi connectivity index (χ1n) is 9.15. The van der Waals surface area contributed by atoms with Crippen molar-refractivity contribution in [3.05, 3.63) is 76.5 Å². The molecule has 0 bridgehead atoms. The van der Waals surface area contributed by atoms with Gasteiger partial charge >= 0.3 is 5.97 Å². The average molecular weight is 428 g/mol. The number of rotatable bonds is 8. The van der Waals surface area contributed by atoms with Crippen molar-refractivity contribution in [1.29, 1.82) is 0 Å². The van der Waals surface area contributed by atoms with Gasteiger partial charge in [0.15, 0.2) is 0 Å². The second-order valence-corrected chi connectivity index (χ2v) is 6.75. The zero-order valence-corrected chi connectivity index (χ0v) is 17.3. The van der Waals surface area contributed by atoms with Gasteiger partial charge in [0.05, 0.1) is 24.0 Å². The van der Waals surface area contributed by atoms with Gasteiger partial charge in [0, 0.05) is 5.57 Å². The molecule has 0 amide bonds. The molecule has 7 nitrogen and oxygen atoms in total. The summed E-state index contributed by atoms with van der Waals surface area (Å²) in [6.45, 7) is 2.29. The van der Waals surface area contributed by atoms with Crippen LogP contribution < -0.4 is 15.0 Å². The van der Waals surface area contributed by atoms with Crippen molar-refractivity contribution in [2.75, 3.05) is 20.3 Å². The van der Waals surface area contributed by atoms with E-state index in [1.807, 2.05) is 12.1 Å². The Hall–Kier alpha value is -3.32. The van der Waals surface area contributed by atoms with E-state index in [1.54, 1.807) is 43.3 Å². The smallest absolute Gasteiger partial charge is 0.338 e. The predicted octanol–water partition coefficient (Wildman–Crippen LogP) is 4.24. The molecule has 1 atom stereocenters. The number of carbonyl (C=O) groups excluding carboxylic acids is 1. The van der Waals surface area contributed by atoms with Gasteiger partial charge in [-0.2, -0.15) is 0 Å². The molecule has 1 unspecified atom stereocenters. The van der Waals surface area contributed by atoms with Crippen LogP contribution in [0.1, 0.15) is 12.5 Å². The van der Waals surface area contributed by atoms with E-state index >= 15 is 0 Å². The number of carbonyl (C=O) groups is 1. The molecule has 0 fully saturated rings. The second kappa shape index (κ2) is 9.93. The monoisotopic (exact) mass is 427 g/mol. The summed E-state index contributed by atoms with van der Waals surface area (Å²) < 4.78 is 21.7. The molecule has 0 saturated carbocycles. The third kappa shape index (κ3) is 4.80. The van der Waals surface area contributed by atoms with E-state index in [4.69, 9.17) is 30.5 Å². The summed E-state index contributed by atoms with van der Waals surface area (Å²) in [7, 11) is 1.29. The summed E-state index contributed by atoms with van der Waals surface area (Å²) in [6.07, 6.45) is 0.314. The number of halogens is 1. The summed E-state index contributed by atoms with van der Waals surface area (Å²) in [6, 6.07) is 14.2. The van der Waals surface area contributed by atoms with E-state index < -0.39 is 12.2 Å². The van der Waals surface area contributed by atoms with Gasteiger partial charge in [-0.05, 0) is 47.9 Å². The molecule has 2 aromatic rings. The molecule has 30 heavy (non-hydrogen) atoms. The lowest BCUT2D eigenvalue weighted by Crippen LogP contribution is -2.21. The van der Waals surface area contributed by atoms with E-state index in [1.165, 1.54) is 13.4 Å². The maximum atomic E-state index is 12.3. The van der Waals surface area contributed by atoms with Gasteiger partial charge in [-0.25, -0.2) is 4.79 Å². The van der Waals surface area contributed by atoms with Gasteiger partial charge in [-0.1, -0.05) is 35.9 Å². The highest BCUT2D eigenvalue weighted by Crippen LogP contribution is 2.35. The SMILES string of the molecule is COC(=O)C1=C(c2cccc(OCCOc3ccccc3Cl)c2)C(N=[N])OC=C1C. The Kier molecular flexibility index (Phi) is 7.08. The number of methoxy groups -OCH3 is 1. The molecule has 1 heterocycles. The fourth-order valence-electron chi connectivity index (χ4n) is 3.00. The van der Waals surface area contributed by atoms with Crippen molar-refractivity contribution in [3.63, 3.8) is 0 Å². The third-order valence-corrected chi connectivity index (χ3v) is 4.68. The molecule has 2 aromatic carbocycles. The van der Waals surface area contributed by atoms with E-state index in [0.717, 1.165) is 0 Å². The minimum atomic E-state index is -1.05. The van der Waals surface area contributed by atoms with Crippen molar-refractivity contribution >= 4 is 23.1 Å². The van der Waals surface area contributed by atoms with Crippen LogP contribution in [0.5, 0.6) is 11.5 Å². The van der Waals surface area contributed by atoms with Crippen molar-refractivity contribution in [2.45, 2.75) is 13.2 Å². The second-order valence-electron chi connectivity index (χ2n) is 6.34. The molecular formula is C22H20ClN2O5. The highest BCUT2D eigenvalue weighted by molar-refractivity contribution is 6.32. The summed E-state index contributed by atoms with van der Waals surface area (Å²) in [4.78, 5) is 12.3. The summed E-state index contributed by atoms with van der Waals surface area (Å²) in [5.41, 5.74) is 11.2. The van der Waals surface area contributed by atoms with E-state index in [-0.39, 0.29) is 12.2 Å². The van der Waals surface area contributed by atoms with Gasteiger partial charge in [0.2, 0.25) is 6.23 Å². The summed E-state index contributed by atoms with van der Waals surface area (Å²) in [5, 5.41) is 3.78. The highest BCUT2D eigenvalue weighted by atomic mass is 35.5. The highest BCUT2D eigenvalue weighted by Gasteiger charge is 2.30. The van der Waals surface area contributed by atoms with Crippen molar-refractivity contribution in [2.24, 2.45) is 5.11 Å². The lowest BCUT2D eigenvalue weighted by atomic mass is 9.93. The lowest BCUT2D eigenvalue weighted by Gasteiger charge is -2.24. The fraction of sp³-hybridized carbons (Fsp3) is 0.227. The maximum Gasteiger partial charge on any atom is 0.338 e. The van der Waals surface area contributed by atoms with Crippen molar-refractivity contribution < 1.29 is 23.7 Å². The van der Waals surface area contributed by atoms with Gasteiger partial charge in [-0.15, -0.1) is 5.11 Å². The number of nitrogens with zero attached hydrogens (tertiary/aromatic N) is 2. The normalized spacial score (nSPS) is 15.7. The van der Waals surface area contributed by atoms with Gasteiger partial charge < -0.3 is 18.9 Å². The van der Waals surface area contributed by atoms with Crippen LogP contribution in [-0.2, 0) is 14.3 Å². The number of hydrogen-bond donors (Lipinski definition) is 0. The Morgan fingerprint density at radius 1 is 1.17 bits per heavy atom. The molecule has 0 aliphatic carbocycles. The molecule has 0 saturated heterocycles. The van der Waals surface area contributed by atoms with Gasteiger partial charge in [0.1, 0.15) is 24.7 Å². The number of benzene rings is 2. The molecule has 8 heteroatoms.